The molecule has 16 heavy (non-hydrogen) atoms. The van der Waals surface area contributed by atoms with Crippen molar-refractivity contribution in [3.05, 3.63) is 39.4 Å². The summed E-state index contributed by atoms with van der Waals surface area (Å²) in [5.41, 5.74) is 4.72. The fourth-order valence-corrected chi connectivity index (χ4v) is 1.66. The van der Waals surface area contributed by atoms with Crippen LogP contribution in [0.15, 0.2) is 18.2 Å². The van der Waals surface area contributed by atoms with Crippen molar-refractivity contribution in [3.63, 3.8) is 0 Å². The SMILES string of the molecule is Cc1ccc(C#C[Si](C)(C)C)cc1[N+](=O)[O-]. The zero-order valence-corrected chi connectivity index (χ0v) is 11.0. The molecular weight excluding hydrogens is 218 g/mol. The molecule has 0 saturated carbocycles. The lowest BCUT2D eigenvalue weighted by Crippen LogP contribution is -2.16. The zero-order valence-electron chi connectivity index (χ0n) is 10.00. The van der Waals surface area contributed by atoms with Gasteiger partial charge in [-0.2, -0.15) is 0 Å². The maximum Gasteiger partial charge on any atom is 0.273 e. The van der Waals surface area contributed by atoms with Crippen LogP contribution in [0.4, 0.5) is 5.69 Å². The van der Waals surface area contributed by atoms with Gasteiger partial charge in [0.05, 0.1) is 4.92 Å². The largest absolute Gasteiger partial charge is 0.273 e. The van der Waals surface area contributed by atoms with Crippen LogP contribution in [0.5, 0.6) is 0 Å². The van der Waals surface area contributed by atoms with E-state index in [2.05, 4.69) is 31.1 Å². The monoisotopic (exact) mass is 233 g/mol. The lowest BCUT2D eigenvalue weighted by Gasteiger charge is -2.03. The lowest BCUT2D eigenvalue weighted by atomic mass is 10.1. The van der Waals surface area contributed by atoms with Gasteiger partial charge in [-0.15, -0.1) is 5.54 Å². The van der Waals surface area contributed by atoms with E-state index < -0.39 is 8.07 Å². The van der Waals surface area contributed by atoms with Gasteiger partial charge < -0.3 is 0 Å². The lowest BCUT2D eigenvalue weighted by molar-refractivity contribution is -0.385. The number of rotatable bonds is 1. The Bertz CT molecular complexity index is 478. The molecule has 1 aromatic rings. The molecule has 0 spiro atoms. The molecule has 0 amide bonds. The first-order chi connectivity index (χ1) is 7.29. The second-order valence-corrected chi connectivity index (χ2v) is 9.51. The van der Waals surface area contributed by atoms with E-state index in [0.717, 1.165) is 5.56 Å². The number of benzene rings is 1. The van der Waals surface area contributed by atoms with Gasteiger partial charge in [0.2, 0.25) is 0 Å². The van der Waals surface area contributed by atoms with Gasteiger partial charge >= 0.3 is 0 Å². The molecule has 3 nitrogen and oxygen atoms in total. The van der Waals surface area contributed by atoms with Crippen LogP contribution in [0.2, 0.25) is 19.6 Å². The van der Waals surface area contributed by atoms with Crippen LogP contribution in [-0.2, 0) is 0 Å². The number of nitrogens with zero attached hydrogens (tertiary/aromatic N) is 1. The van der Waals surface area contributed by atoms with Gasteiger partial charge in [-0.25, -0.2) is 0 Å². The highest BCUT2D eigenvalue weighted by molar-refractivity contribution is 6.83. The molecule has 0 fully saturated rings. The summed E-state index contributed by atoms with van der Waals surface area (Å²) >= 11 is 0. The van der Waals surface area contributed by atoms with Gasteiger partial charge in [0.1, 0.15) is 8.07 Å². The van der Waals surface area contributed by atoms with Crippen LogP contribution in [0.3, 0.4) is 0 Å². The Labute approximate surface area is 96.7 Å². The molecule has 0 aromatic heterocycles. The van der Waals surface area contributed by atoms with Crippen LogP contribution in [0, 0.1) is 28.5 Å². The Morgan fingerprint density at radius 2 is 1.94 bits per heavy atom. The molecule has 0 heterocycles. The molecule has 0 unspecified atom stereocenters. The summed E-state index contributed by atoms with van der Waals surface area (Å²) in [6.45, 7) is 8.15. The van der Waals surface area contributed by atoms with Crippen molar-refractivity contribution in [2.75, 3.05) is 0 Å². The molecule has 0 N–H and O–H groups in total. The Balaban J connectivity index is 3.13. The van der Waals surface area contributed by atoms with Crippen LogP contribution in [-0.4, -0.2) is 13.0 Å². The van der Waals surface area contributed by atoms with Gasteiger partial charge in [-0.1, -0.05) is 31.6 Å². The minimum Gasteiger partial charge on any atom is -0.258 e. The van der Waals surface area contributed by atoms with E-state index >= 15 is 0 Å². The summed E-state index contributed by atoms with van der Waals surface area (Å²) in [5, 5.41) is 10.7. The Morgan fingerprint density at radius 3 is 2.44 bits per heavy atom. The molecule has 1 rings (SSSR count). The van der Waals surface area contributed by atoms with Crippen molar-refractivity contribution in [3.8, 4) is 11.5 Å². The summed E-state index contributed by atoms with van der Waals surface area (Å²) in [7, 11) is -1.43. The Kier molecular flexibility index (Phi) is 3.50. The molecule has 4 heteroatoms. The van der Waals surface area contributed by atoms with E-state index in [1.165, 1.54) is 0 Å². The van der Waals surface area contributed by atoms with Crippen LogP contribution < -0.4 is 0 Å². The zero-order chi connectivity index (χ0) is 12.3. The second-order valence-electron chi connectivity index (χ2n) is 4.76. The molecule has 0 aliphatic carbocycles. The van der Waals surface area contributed by atoms with Crippen molar-refractivity contribution in [2.45, 2.75) is 26.6 Å². The van der Waals surface area contributed by atoms with E-state index in [4.69, 9.17) is 0 Å². The van der Waals surface area contributed by atoms with Crippen molar-refractivity contribution < 1.29 is 4.92 Å². The van der Waals surface area contributed by atoms with E-state index in [-0.39, 0.29) is 10.6 Å². The second kappa shape index (κ2) is 4.50. The number of nitro benzene ring substituents is 1. The van der Waals surface area contributed by atoms with Crippen LogP contribution in [0.1, 0.15) is 11.1 Å². The molecule has 0 bridgehead atoms. The fraction of sp³-hybridized carbons (Fsp3) is 0.333. The summed E-state index contributed by atoms with van der Waals surface area (Å²) in [5.74, 6) is 3.01. The van der Waals surface area contributed by atoms with Crippen molar-refractivity contribution >= 4 is 13.8 Å². The number of aryl methyl sites for hydroxylation is 1. The summed E-state index contributed by atoms with van der Waals surface area (Å²) in [4.78, 5) is 10.4. The summed E-state index contributed by atoms with van der Waals surface area (Å²) in [6, 6.07) is 5.12. The Hall–Kier alpha value is -1.60. The molecule has 1 aromatic carbocycles. The first-order valence-corrected chi connectivity index (χ1v) is 8.58. The van der Waals surface area contributed by atoms with Crippen molar-refractivity contribution in [1.29, 1.82) is 0 Å². The van der Waals surface area contributed by atoms with Gasteiger partial charge in [0, 0.05) is 17.2 Å². The quantitative estimate of drug-likeness (QED) is 0.324. The average Bonchev–Trinajstić information content (AvgIpc) is 2.14. The third-order valence-corrected chi connectivity index (χ3v) is 2.86. The standard InChI is InChI=1S/C12H15NO2Si/c1-10-5-6-11(7-8-16(2,3)4)9-12(10)13(14)15/h5-6,9H,1-4H3. The van der Waals surface area contributed by atoms with Gasteiger partial charge in [-0.05, 0) is 13.0 Å². The smallest absolute Gasteiger partial charge is 0.258 e. The summed E-state index contributed by atoms with van der Waals surface area (Å²) in [6.07, 6.45) is 0. The molecule has 84 valence electrons. The molecule has 0 radical (unpaired) electrons. The molecule has 0 aliphatic heterocycles. The number of hydrogen-bond donors (Lipinski definition) is 0. The van der Waals surface area contributed by atoms with Gasteiger partial charge in [0.15, 0.2) is 0 Å². The van der Waals surface area contributed by atoms with Gasteiger partial charge in [-0.3, -0.25) is 10.1 Å². The maximum absolute atomic E-state index is 10.7. The van der Waals surface area contributed by atoms with Gasteiger partial charge in [0.25, 0.3) is 5.69 Å². The highest BCUT2D eigenvalue weighted by atomic mass is 28.3. The van der Waals surface area contributed by atoms with Crippen molar-refractivity contribution in [2.24, 2.45) is 0 Å². The van der Waals surface area contributed by atoms with Crippen molar-refractivity contribution in [1.82, 2.24) is 0 Å². The first-order valence-electron chi connectivity index (χ1n) is 5.08. The fourth-order valence-electron chi connectivity index (χ4n) is 1.14. The third kappa shape index (κ3) is 3.52. The minimum atomic E-state index is -1.43. The van der Waals surface area contributed by atoms with E-state index in [0.29, 0.717) is 5.56 Å². The van der Waals surface area contributed by atoms with E-state index in [1.807, 2.05) is 6.07 Å². The summed E-state index contributed by atoms with van der Waals surface area (Å²) < 4.78 is 0. The molecule has 0 saturated heterocycles. The molecular formula is C12H15NO2Si. The van der Waals surface area contributed by atoms with E-state index in [9.17, 15) is 10.1 Å². The van der Waals surface area contributed by atoms with E-state index in [1.54, 1.807) is 19.1 Å². The Morgan fingerprint density at radius 1 is 1.31 bits per heavy atom. The highest BCUT2D eigenvalue weighted by Crippen LogP contribution is 2.18. The highest BCUT2D eigenvalue weighted by Gasteiger charge is 2.11. The normalized spacial score (nSPS) is 10.5. The predicted octanol–water partition coefficient (Wildman–Crippen LogP) is 3.13. The maximum atomic E-state index is 10.7. The molecule has 0 atom stereocenters. The first kappa shape index (κ1) is 12.5. The topological polar surface area (TPSA) is 43.1 Å². The number of hydrogen-bond acceptors (Lipinski definition) is 2. The van der Waals surface area contributed by atoms with Crippen LogP contribution in [0.25, 0.3) is 0 Å². The minimum absolute atomic E-state index is 0.141. The van der Waals surface area contributed by atoms with Crippen LogP contribution >= 0.6 is 0 Å². The third-order valence-electron chi connectivity index (χ3n) is 1.99. The average molecular weight is 233 g/mol. The molecule has 0 aliphatic rings. The predicted molar refractivity (Wildman–Crippen MR) is 68.1 cm³/mol. The number of nitro groups is 1.